The summed E-state index contributed by atoms with van der Waals surface area (Å²) in [7, 11) is 1.57. The number of methoxy groups -OCH3 is 1. The molecule has 0 N–H and O–H groups in total. The van der Waals surface area contributed by atoms with Crippen LogP contribution in [0.25, 0.3) is 0 Å². The van der Waals surface area contributed by atoms with Gasteiger partial charge in [-0.05, 0) is 31.0 Å². The topological polar surface area (TPSA) is 27.1 Å². The molecule has 0 fully saturated rings. The molecule has 114 valence electrons. The third kappa shape index (κ3) is 3.20. The molecule has 0 aliphatic heterocycles. The van der Waals surface area contributed by atoms with E-state index in [4.69, 9.17) is 4.74 Å². The third-order valence-corrected chi connectivity index (χ3v) is 3.44. The minimum Gasteiger partial charge on any atom is -0.497 e. The van der Waals surface area contributed by atoms with Crippen molar-refractivity contribution in [3.05, 3.63) is 46.8 Å². The summed E-state index contributed by atoms with van der Waals surface area (Å²) in [5, 5.41) is 3.75. The SMILES string of the molecule is CCc1c(C(F)(F)F)nn(Cc2ccc(OC)cc2)c1C. The van der Waals surface area contributed by atoms with Crippen molar-refractivity contribution in [2.75, 3.05) is 7.11 Å². The Bertz CT molecular complexity index is 615. The Hall–Kier alpha value is -1.98. The Morgan fingerprint density at radius 3 is 2.24 bits per heavy atom. The van der Waals surface area contributed by atoms with E-state index < -0.39 is 11.9 Å². The van der Waals surface area contributed by atoms with Crippen molar-refractivity contribution in [1.82, 2.24) is 9.78 Å². The Kier molecular flexibility index (Phi) is 4.25. The zero-order valence-electron chi connectivity index (χ0n) is 12.2. The average Bonchev–Trinajstić information content (AvgIpc) is 2.76. The lowest BCUT2D eigenvalue weighted by atomic mass is 10.1. The molecule has 3 nitrogen and oxygen atoms in total. The molecule has 0 radical (unpaired) electrons. The molecule has 0 bridgehead atoms. The average molecular weight is 298 g/mol. The molecule has 0 unspecified atom stereocenters. The molecule has 0 aliphatic carbocycles. The lowest BCUT2D eigenvalue weighted by Gasteiger charge is -2.06. The number of nitrogens with zero attached hydrogens (tertiary/aromatic N) is 2. The summed E-state index contributed by atoms with van der Waals surface area (Å²) in [6, 6.07) is 7.19. The first kappa shape index (κ1) is 15.4. The fourth-order valence-electron chi connectivity index (χ4n) is 2.29. The zero-order valence-corrected chi connectivity index (χ0v) is 12.2. The number of hydrogen-bond acceptors (Lipinski definition) is 2. The van der Waals surface area contributed by atoms with Crippen LogP contribution in [0.15, 0.2) is 24.3 Å². The molecule has 2 rings (SSSR count). The second kappa shape index (κ2) is 5.79. The van der Waals surface area contributed by atoms with Crippen molar-refractivity contribution in [3.63, 3.8) is 0 Å². The van der Waals surface area contributed by atoms with E-state index in [-0.39, 0.29) is 5.56 Å². The van der Waals surface area contributed by atoms with Crippen LogP contribution in [0.3, 0.4) is 0 Å². The van der Waals surface area contributed by atoms with E-state index >= 15 is 0 Å². The summed E-state index contributed by atoms with van der Waals surface area (Å²) in [5.41, 5.74) is 0.908. The van der Waals surface area contributed by atoms with Crippen molar-refractivity contribution in [1.29, 1.82) is 0 Å². The number of halogens is 3. The van der Waals surface area contributed by atoms with Gasteiger partial charge in [0.25, 0.3) is 0 Å². The maximum Gasteiger partial charge on any atom is 0.435 e. The summed E-state index contributed by atoms with van der Waals surface area (Å²) in [4.78, 5) is 0. The molecule has 0 aliphatic rings. The third-order valence-electron chi connectivity index (χ3n) is 3.44. The van der Waals surface area contributed by atoms with Gasteiger partial charge in [0.05, 0.1) is 13.7 Å². The molecule has 0 spiro atoms. The van der Waals surface area contributed by atoms with Crippen LogP contribution < -0.4 is 4.74 Å². The molecule has 1 aromatic carbocycles. The fraction of sp³-hybridized carbons (Fsp3) is 0.400. The monoisotopic (exact) mass is 298 g/mol. The lowest BCUT2D eigenvalue weighted by Crippen LogP contribution is -2.10. The second-order valence-corrected chi connectivity index (χ2v) is 4.77. The summed E-state index contributed by atoms with van der Waals surface area (Å²) < 4.78 is 45.4. The van der Waals surface area contributed by atoms with Gasteiger partial charge in [-0.1, -0.05) is 19.1 Å². The van der Waals surface area contributed by atoms with Gasteiger partial charge in [-0.15, -0.1) is 0 Å². The molecular weight excluding hydrogens is 281 g/mol. The van der Waals surface area contributed by atoms with Gasteiger partial charge >= 0.3 is 6.18 Å². The molecule has 2 aromatic rings. The molecule has 21 heavy (non-hydrogen) atoms. The van der Waals surface area contributed by atoms with Crippen LogP contribution in [-0.2, 0) is 19.1 Å². The Balaban J connectivity index is 2.33. The number of rotatable bonds is 4. The molecular formula is C15H17F3N2O. The van der Waals surface area contributed by atoms with Gasteiger partial charge in [0.1, 0.15) is 5.75 Å². The molecule has 0 saturated carbocycles. The van der Waals surface area contributed by atoms with Crippen LogP contribution >= 0.6 is 0 Å². The maximum atomic E-state index is 13.0. The van der Waals surface area contributed by atoms with Crippen LogP contribution in [0, 0.1) is 6.92 Å². The minimum absolute atomic E-state index is 0.260. The van der Waals surface area contributed by atoms with Gasteiger partial charge in [0, 0.05) is 11.3 Å². The van der Waals surface area contributed by atoms with Gasteiger partial charge in [-0.2, -0.15) is 18.3 Å². The summed E-state index contributed by atoms with van der Waals surface area (Å²) in [5.74, 6) is 0.709. The van der Waals surface area contributed by atoms with E-state index in [2.05, 4.69) is 5.10 Å². The van der Waals surface area contributed by atoms with E-state index in [1.165, 1.54) is 4.68 Å². The molecule has 0 amide bonds. The first-order chi connectivity index (χ1) is 9.86. The number of hydrogen-bond donors (Lipinski definition) is 0. The lowest BCUT2D eigenvalue weighted by molar-refractivity contribution is -0.142. The van der Waals surface area contributed by atoms with Gasteiger partial charge < -0.3 is 4.74 Å². The van der Waals surface area contributed by atoms with Crippen molar-refractivity contribution >= 4 is 0 Å². The minimum atomic E-state index is -4.42. The van der Waals surface area contributed by atoms with Gasteiger partial charge in [0.2, 0.25) is 0 Å². The zero-order chi connectivity index (χ0) is 15.6. The predicted molar refractivity (Wildman–Crippen MR) is 73.4 cm³/mol. The highest BCUT2D eigenvalue weighted by Gasteiger charge is 2.37. The molecule has 1 heterocycles. The largest absolute Gasteiger partial charge is 0.497 e. The smallest absolute Gasteiger partial charge is 0.435 e. The number of alkyl halides is 3. The predicted octanol–water partition coefficient (Wildman–Crippen LogP) is 3.83. The van der Waals surface area contributed by atoms with Crippen molar-refractivity contribution < 1.29 is 17.9 Å². The molecule has 1 aromatic heterocycles. The van der Waals surface area contributed by atoms with E-state index in [0.717, 1.165) is 5.56 Å². The van der Waals surface area contributed by atoms with E-state index in [9.17, 15) is 13.2 Å². The molecule has 0 saturated heterocycles. The van der Waals surface area contributed by atoms with Crippen molar-refractivity contribution in [2.24, 2.45) is 0 Å². The summed E-state index contributed by atoms with van der Waals surface area (Å²) in [6.45, 7) is 3.68. The van der Waals surface area contributed by atoms with E-state index in [0.29, 0.717) is 24.4 Å². The normalized spacial score (nSPS) is 11.7. The van der Waals surface area contributed by atoms with E-state index in [1.54, 1.807) is 33.1 Å². The van der Waals surface area contributed by atoms with Gasteiger partial charge in [-0.25, -0.2) is 0 Å². The highest BCUT2D eigenvalue weighted by molar-refractivity contribution is 5.30. The van der Waals surface area contributed by atoms with Crippen LogP contribution in [0.1, 0.15) is 29.4 Å². The van der Waals surface area contributed by atoms with Crippen molar-refractivity contribution in [3.8, 4) is 5.75 Å². The highest BCUT2D eigenvalue weighted by atomic mass is 19.4. The standard InChI is InChI=1S/C15H17F3N2O/c1-4-13-10(2)20(19-14(13)15(16,17)18)9-11-5-7-12(21-3)8-6-11/h5-8H,4,9H2,1-3H3. The van der Waals surface area contributed by atoms with Crippen LogP contribution in [0.2, 0.25) is 0 Å². The maximum absolute atomic E-state index is 13.0. The van der Waals surface area contributed by atoms with Crippen LogP contribution in [-0.4, -0.2) is 16.9 Å². The summed E-state index contributed by atoms with van der Waals surface area (Å²) >= 11 is 0. The number of benzene rings is 1. The van der Waals surface area contributed by atoms with Gasteiger partial charge in [0.15, 0.2) is 5.69 Å². The number of aromatic nitrogens is 2. The van der Waals surface area contributed by atoms with Crippen LogP contribution in [0.5, 0.6) is 5.75 Å². The van der Waals surface area contributed by atoms with Crippen molar-refractivity contribution in [2.45, 2.75) is 33.0 Å². The quantitative estimate of drug-likeness (QED) is 0.857. The first-order valence-corrected chi connectivity index (χ1v) is 6.63. The van der Waals surface area contributed by atoms with Gasteiger partial charge in [-0.3, -0.25) is 4.68 Å². The molecule has 6 heteroatoms. The number of ether oxygens (including phenoxy) is 1. The Labute approximate surface area is 121 Å². The second-order valence-electron chi connectivity index (χ2n) is 4.77. The summed E-state index contributed by atoms with van der Waals surface area (Å²) in [6.07, 6.45) is -4.11. The van der Waals surface area contributed by atoms with E-state index in [1.807, 2.05) is 12.1 Å². The fourth-order valence-corrected chi connectivity index (χ4v) is 2.29. The first-order valence-electron chi connectivity index (χ1n) is 6.63. The molecule has 0 atom stereocenters. The Morgan fingerprint density at radius 2 is 1.81 bits per heavy atom. The van der Waals surface area contributed by atoms with Crippen LogP contribution in [0.4, 0.5) is 13.2 Å². The highest BCUT2D eigenvalue weighted by Crippen LogP contribution is 2.32. The Morgan fingerprint density at radius 1 is 1.19 bits per heavy atom.